The number of pyridine rings is 1. The molecule has 1 N–H and O–H groups in total. The molecule has 0 aliphatic carbocycles. The molecule has 0 radical (unpaired) electrons. The number of rotatable bonds is 4. The third-order valence-electron chi connectivity index (χ3n) is 5.44. The van der Waals surface area contributed by atoms with E-state index in [0.717, 1.165) is 43.4 Å². The molecule has 6 nitrogen and oxygen atoms in total. The third-order valence-corrected chi connectivity index (χ3v) is 5.44. The lowest BCUT2D eigenvalue weighted by Gasteiger charge is -2.30. The molecule has 148 valence electrons. The number of nitrogens with zero attached hydrogens (tertiary/aromatic N) is 3. The Morgan fingerprint density at radius 2 is 1.64 bits per heavy atom. The summed E-state index contributed by atoms with van der Waals surface area (Å²) in [4.78, 5) is 21.9. The summed E-state index contributed by atoms with van der Waals surface area (Å²) in [6.07, 6.45) is 6.69. The molecular weight excluding hydrogens is 352 g/mol. The smallest absolute Gasteiger partial charge is 0.257 e. The van der Waals surface area contributed by atoms with E-state index in [1.165, 1.54) is 25.7 Å². The maximum atomic E-state index is 12.8. The third kappa shape index (κ3) is 4.44. The van der Waals surface area contributed by atoms with Gasteiger partial charge in [0, 0.05) is 32.4 Å². The number of morpholine rings is 1. The Bertz CT molecular complexity index is 779. The van der Waals surface area contributed by atoms with Crippen LogP contribution in [-0.2, 0) is 4.74 Å². The molecule has 2 saturated heterocycles. The predicted octanol–water partition coefficient (Wildman–Crippen LogP) is 3.55. The number of amides is 1. The SMILES string of the molecule is O=C(Nc1ccccc1N1CCOCC1)c1ccc(N2CCCCCC2)nc1. The van der Waals surface area contributed by atoms with Gasteiger partial charge in [-0.25, -0.2) is 4.98 Å². The molecule has 2 aromatic rings. The number of carbonyl (C=O) groups excluding carboxylic acids is 1. The normalized spacial score (nSPS) is 17.9. The Kier molecular flexibility index (Phi) is 6.07. The maximum Gasteiger partial charge on any atom is 0.257 e. The summed E-state index contributed by atoms with van der Waals surface area (Å²) < 4.78 is 5.44. The Balaban J connectivity index is 1.45. The Morgan fingerprint density at radius 3 is 2.36 bits per heavy atom. The van der Waals surface area contributed by atoms with Crippen LogP contribution in [0.15, 0.2) is 42.6 Å². The van der Waals surface area contributed by atoms with Crippen LogP contribution in [0.3, 0.4) is 0 Å². The Hall–Kier alpha value is -2.60. The van der Waals surface area contributed by atoms with Crippen LogP contribution in [0.25, 0.3) is 0 Å². The van der Waals surface area contributed by atoms with Crippen LogP contribution in [0, 0.1) is 0 Å². The minimum atomic E-state index is -0.129. The molecule has 2 fully saturated rings. The van der Waals surface area contributed by atoms with E-state index in [9.17, 15) is 4.79 Å². The lowest BCUT2D eigenvalue weighted by Crippen LogP contribution is -2.36. The molecule has 2 aliphatic heterocycles. The summed E-state index contributed by atoms with van der Waals surface area (Å²) in [5.74, 6) is 0.836. The standard InChI is InChI=1S/C22H28N4O2/c27-22(18-9-10-21(23-17-18)26-11-5-1-2-6-12-26)24-19-7-3-4-8-20(19)25-13-15-28-16-14-25/h3-4,7-10,17H,1-2,5-6,11-16H2,(H,24,27). The summed E-state index contributed by atoms with van der Waals surface area (Å²) in [6.45, 7) is 5.18. The van der Waals surface area contributed by atoms with E-state index in [1.54, 1.807) is 6.20 Å². The van der Waals surface area contributed by atoms with Crippen LogP contribution in [0.2, 0.25) is 0 Å². The number of hydrogen-bond donors (Lipinski definition) is 1. The van der Waals surface area contributed by atoms with Gasteiger partial charge in [0.25, 0.3) is 5.91 Å². The fraction of sp³-hybridized carbons (Fsp3) is 0.455. The molecule has 0 saturated carbocycles. The predicted molar refractivity (Wildman–Crippen MR) is 112 cm³/mol. The molecule has 1 amide bonds. The van der Waals surface area contributed by atoms with Crippen LogP contribution in [0.1, 0.15) is 36.0 Å². The molecule has 1 aromatic carbocycles. The minimum Gasteiger partial charge on any atom is -0.378 e. The number of benzene rings is 1. The van der Waals surface area contributed by atoms with E-state index in [1.807, 2.05) is 36.4 Å². The van der Waals surface area contributed by atoms with Crippen molar-refractivity contribution in [3.8, 4) is 0 Å². The highest BCUT2D eigenvalue weighted by Crippen LogP contribution is 2.27. The fourth-order valence-electron chi connectivity index (χ4n) is 3.86. The number of ether oxygens (including phenoxy) is 1. The van der Waals surface area contributed by atoms with Crippen molar-refractivity contribution in [2.45, 2.75) is 25.7 Å². The molecule has 3 heterocycles. The van der Waals surface area contributed by atoms with Crippen LogP contribution < -0.4 is 15.1 Å². The van der Waals surface area contributed by atoms with Gasteiger partial charge < -0.3 is 19.9 Å². The summed E-state index contributed by atoms with van der Waals surface area (Å²) in [6, 6.07) is 11.8. The van der Waals surface area contributed by atoms with Crippen molar-refractivity contribution in [2.75, 3.05) is 54.5 Å². The molecule has 1 aromatic heterocycles. The zero-order valence-electron chi connectivity index (χ0n) is 16.3. The Morgan fingerprint density at radius 1 is 0.893 bits per heavy atom. The van der Waals surface area contributed by atoms with Crippen LogP contribution in [-0.4, -0.2) is 50.3 Å². The monoisotopic (exact) mass is 380 g/mol. The van der Waals surface area contributed by atoms with Gasteiger partial charge in [0.1, 0.15) is 5.82 Å². The van der Waals surface area contributed by atoms with E-state index in [-0.39, 0.29) is 5.91 Å². The second-order valence-corrected chi connectivity index (χ2v) is 7.38. The molecular formula is C22H28N4O2. The van der Waals surface area contributed by atoms with Crippen LogP contribution >= 0.6 is 0 Å². The van der Waals surface area contributed by atoms with Crippen LogP contribution in [0.4, 0.5) is 17.2 Å². The van der Waals surface area contributed by atoms with Gasteiger partial charge in [-0.15, -0.1) is 0 Å². The number of nitrogens with one attached hydrogen (secondary N) is 1. The van der Waals surface area contributed by atoms with E-state index in [0.29, 0.717) is 18.8 Å². The fourth-order valence-corrected chi connectivity index (χ4v) is 3.86. The molecule has 2 aliphatic rings. The summed E-state index contributed by atoms with van der Waals surface area (Å²) >= 11 is 0. The van der Waals surface area contributed by atoms with Gasteiger partial charge in [0.15, 0.2) is 0 Å². The number of aromatic nitrogens is 1. The van der Waals surface area contributed by atoms with Gasteiger partial charge >= 0.3 is 0 Å². The summed E-state index contributed by atoms with van der Waals surface area (Å²) in [5.41, 5.74) is 2.44. The van der Waals surface area contributed by atoms with Crippen molar-refractivity contribution in [1.29, 1.82) is 0 Å². The topological polar surface area (TPSA) is 57.7 Å². The zero-order chi connectivity index (χ0) is 19.2. The van der Waals surface area contributed by atoms with Crippen molar-refractivity contribution in [3.05, 3.63) is 48.2 Å². The van der Waals surface area contributed by atoms with Crippen LogP contribution in [0.5, 0.6) is 0 Å². The second-order valence-electron chi connectivity index (χ2n) is 7.38. The number of hydrogen-bond acceptors (Lipinski definition) is 5. The van der Waals surface area contributed by atoms with Gasteiger partial charge in [-0.3, -0.25) is 4.79 Å². The van der Waals surface area contributed by atoms with Gasteiger partial charge in [-0.05, 0) is 37.1 Å². The molecule has 6 heteroatoms. The molecule has 0 atom stereocenters. The molecule has 4 rings (SSSR count). The highest BCUT2D eigenvalue weighted by molar-refractivity contribution is 6.05. The zero-order valence-corrected chi connectivity index (χ0v) is 16.3. The average Bonchev–Trinajstić information content (AvgIpc) is 3.04. The second kappa shape index (κ2) is 9.06. The van der Waals surface area contributed by atoms with Gasteiger partial charge in [-0.1, -0.05) is 25.0 Å². The van der Waals surface area contributed by atoms with E-state index in [2.05, 4.69) is 20.1 Å². The highest BCUT2D eigenvalue weighted by Gasteiger charge is 2.17. The number of para-hydroxylation sites is 2. The molecule has 0 bridgehead atoms. The number of anilines is 3. The van der Waals surface area contributed by atoms with Crippen molar-refractivity contribution >= 4 is 23.1 Å². The van der Waals surface area contributed by atoms with Crippen molar-refractivity contribution < 1.29 is 9.53 Å². The summed E-state index contributed by atoms with van der Waals surface area (Å²) in [5, 5.41) is 3.06. The summed E-state index contributed by atoms with van der Waals surface area (Å²) in [7, 11) is 0. The van der Waals surface area contributed by atoms with Gasteiger partial charge in [-0.2, -0.15) is 0 Å². The van der Waals surface area contributed by atoms with Gasteiger partial charge in [0.05, 0.1) is 30.2 Å². The van der Waals surface area contributed by atoms with E-state index in [4.69, 9.17) is 4.74 Å². The lowest BCUT2D eigenvalue weighted by molar-refractivity contribution is 0.102. The first-order valence-corrected chi connectivity index (χ1v) is 10.3. The number of carbonyl (C=O) groups is 1. The highest BCUT2D eigenvalue weighted by atomic mass is 16.5. The average molecular weight is 380 g/mol. The minimum absolute atomic E-state index is 0.129. The molecule has 0 spiro atoms. The van der Waals surface area contributed by atoms with E-state index >= 15 is 0 Å². The first-order valence-electron chi connectivity index (χ1n) is 10.3. The van der Waals surface area contributed by atoms with Gasteiger partial charge in [0.2, 0.25) is 0 Å². The maximum absolute atomic E-state index is 12.8. The molecule has 28 heavy (non-hydrogen) atoms. The molecule has 0 unspecified atom stereocenters. The first-order chi connectivity index (χ1) is 13.8. The Labute approximate surface area is 166 Å². The first kappa shape index (κ1) is 18.7. The lowest BCUT2D eigenvalue weighted by atomic mass is 10.2. The van der Waals surface area contributed by atoms with E-state index < -0.39 is 0 Å². The quantitative estimate of drug-likeness (QED) is 0.879. The van der Waals surface area contributed by atoms with Crippen molar-refractivity contribution in [1.82, 2.24) is 4.98 Å². The van der Waals surface area contributed by atoms with Crippen molar-refractivity contribution in [3.63, 3.8) is 0 Å². The van der Waals surface area contributed by atoms with Crippen molar-refractivity contribution in [2.24, 2.45) is 0 Å². The largest absolute Gasteiger partial charge is 0.378 e.